The zero-order valence-electron chi connectivity index (χ0n) is 19.7. The second-order valence-corrected chi connectivity index (χ2v) is 14.0. The van der Waals surface area contributed by atoms with Crippen LogP contribution in [0.15, 0.2) is 48.8 Å². The number of hydrogen-bond donors (Lipinski definition) is 3. The number of anilines is 3. The van der Waals surface area contributed by atoms with Gasteiger partial charge in [-0.25, -0.2) is 18.5 Å². The van der Waals surface area contributed by atoms with E-state index in [2.05, 4.69) is 25.6 Å². The number of nitrogens with two attached hydrogens (primary N) is 1. The smallest absolute Gasteiger partial charge is 0.365 e. The van der Waals surface area contributed by atoms with Crippen LogP contribution in [-0.2, 0) is 33.5 Å². The number of rotatable bonds is 9. The number of alkyl halides is 3. The molecule has 0 saturated heterocycles. The lowest BCUT2D eigenvalue weighted by Crippen LogP contribution is -2.22. The Bertz CT molecular complexity index is 1400. The van der Waals surface area contributed by atoms with E-state index < -0.39 is 40.0 Å². The number of hydrogen-bond acceptors (Lipinski definition) is 8. The lowest BCUT2D eigenvalue weighted by atomic mass is 10.1. The maximum absolute atomic E-state index is 13.6. The molecular weight excluding hydrogens is 516 g/mol. The molecule has 2 aromatic heterocycles. The van der Waals surface area contributed by atoms with Gasteiger partial charge in [0.1, 0.15) is 16.6 Å². The summed E-state index contributed by atoms with van der Waals surface area (Å²) in [6.45, 7) is 4.49. The van der Waals surface area contributed by atoms with Crippen molar-refractivity contribution in [1.82, 2.24) is 15.0 Å². The van der Waals surface area contributed by atoms with Crippen molar-refractivity contribution in [3.63, 3.8) is 0 Å². The van der Waals surface area contributed by atoms with Crippen LogP contribution in [0.25, 0.3) is 0 Å². The minimum Gasteiger partial charge on any atom is -0.365 e. The summed E-state index contributed by atoms with van der Waals surface area (Å²) in [5.74, 6) is -0.594. The highest BCUT2D eigenvalue weighted by Gasteiger charge is 2.35. The fourth-order valence-electron chi connectivity index (χ4n) is 3.40. The van der Waals surface area contributed by atoms with Gasteiger partial charge in [0.15, 0.2) is 0 Å². The molecule has 3 rings (SSSR count). The Balaban J connectivity index is 1.90. The van der Waals surface area contributed by atoms with Gasteiger partial charge in [-0.3, -0.25) is 4.98 Å². The van der Waals surface area contributed by atoms with Crippen molar-refractivity contribution in [3.05, 3.63) is 71.2 Å². The Hall–Kier alpha value is -3.02. The Morgan fingerprint density at radius 3 is 2.50 bits per heavy atom. The SMILES string of the molecule is CC(c1ncccc1CNc1nc(Nc2cccc(CP(C)(C)=O)c2)ncc1C(F)(F)F)S(N)(=O)=O. The molecule has 0 amide bonds. The molecule has 1 unspecified atom stereocenters. The van der Waals surface area contributed by atoms with E-state index in [0.717, 1.165) is 5.56 Å². The van der Waals surface area contributed by atoms with Gasteiger partial charge in [-0.2, -0.15) is 18.2 Å². The number of halogens is 3. The predicted molar refractivity (Wildman–Crippen MR) is 133 cm³/mol. The van der Waals surface area contributed by atoms with Gasteiger partial charge in [0.05, 0.1) is 12.8 Å². The van der Waals surface area contributed by atoms with E-state index in [9.17, 15) is 26.2 Å². The molecule has 194 valence electrons. The van der Waals surface area contributed by atoms with Gasteiger partial charge >= 0.3 is 6.18 Å². The summed E-state index contributed by atoms with van der Waals surface area (Å²) >= 11 is 0. The van der Waals surface area contributed by atoms with Crippen molar-refractivity contribution in [2.24, 2.45) is 5.14 Å². The summed E-state index contributed by atoms with van der Waals surface area (Å²) in [5.41, 5.74) is 0.686. The summed E-state index contributed by atoms with van der Waals surface area (Å²) in [6, 6.07) is 10.0. The average Bonchev–Trinajstić information content (AvgIpc) is 2.75. The van der Waals surface area contributed by atoms with Crippen molar-refractivity contribution < 1.29 is 26.2 Å². The molecule has 0 saturated carbocycles. The van der Waals surface area contributed by atoms with Crippen LogP contribution in [0.4, 0.5) is 30.6 Å². The highest BCUT2D eigenvalue weighted by atomic mass is 32.2. The normalized spacial score (nSPS) is 13.3. The fraction of sp³-hybridized carbons (Fsp3) is 0.318. The maximum atomic E-state index is 13.6. The molecule has 0 aliphatic rings. The zero-order valence-corrected chi connectivity index (χ0v) is 21.5. The summed E-state index contributed by atoms with van der Waals surface area (Å²) in [6.07, 6.45) is -2.34. The quantitative estimate of drug-likeness (QED) is 0.330. The molecule has 0 fully saturated rings. The lowest BCUT2D eigenvalue weighted by Gasteiger charge is -2.17. The Morgan fingerprint density at radius 2 is 1.86 bits per heavy atom. The minimum atomic E-state index is -4.74. The van der Waals surface area contributed by atoms with Gasteiger partial charge in [0.2, 0.25) is 16.0 Å². The number of benzene rings is 1. The Morgan fingerprint density at radius 1 is 1.14 bits per heavy atom. The molecule has 0 aliphatic carbocycles. The standard InChI is InChI=1S/C22H26F3N6O3PS/c1-14(36(26,33)34)19-16(7-5-9-27-19)11-28-20-18(22(23,24)25)12-29-21(31-20)30-17-8-4-6-15(10-17)13-35(2,3)32/h4-10,12,14H,11,13H2,1-3H3,(H2,26,33,34)(H2,28,29,30,31). The molecule has 1 atom stereocenters. The summed E-state index contributed by atoms with van der Waals surface area (Å²) in [4.78, 5) is 11.8. The summed E-state index contributed by atoms with van der Waals surface area (Å²) in [5, 5.41) is 9.56. The molecule has 36 heavy (non-hydrogen) atoms. The highest BCUT2D eigenvalue weighted by molar-refractivity contribution is 7.89. The second-order valence-electron chi connectivity index (χ2n) is 8.64. The molecule has 14 heteroatoms. The maximum Gasteiger partial charge on any atom is 0.421 e. The van der Waals surface area contributed by atoms with E-state index in [4.69, 9.17) is 5.14 Å². The average molecular weight is 543 g/mol. The number of primary sulfonamides is 1. The molecule has 1 aromatic carbocycles. The van der Waals surface area contributed by atoms with Crippen LogP contribution in [0.2, 0.25) is 0 Å². The van der Waals surface area contributed by atoms with Gasteiger partial charge in [0, 0.05) is 30.8 Å². The molecule has 2 heterocycles. The third-order valence-corrected chi connectivity index (χ3v) is 7.43. The first-order chi connectivity index (χ1) is 16.6. The van der Waals surface area contributed by atoms with Crippen LogP contribution in [0.5, 0.6) is 0 Å². The second kappa shape index (κ2) is 10.5. The molecule has 0 radical (unpaired) electrons. The first-order valence-electron chi connectivity index (χ1n) is 10.7. The van der Waals surface area contributed by atoms with E-state index in [-0.39, 0.29) is 18.2 Å². The van der Waals surface area contributed by atoms with Crippen molar-refractivity contribution >= 4 is 34.6 Å². The van der Waals surface area contributed by atoms with E-state index in [1.165, 1.54) is 25.3 Å². The van der Waals surface area contributed by atoms with E-state index in [1.807, 2.05) is 0 Å². The van der Waals surface area contributed by atoms with Gasteiger partial charge in [-0.05, 0) is 49.6 Å². The number of sulfonamides is 1. The van der Waals surface area contributed by atoms with Crippen LogP contribution in [0, 0.1) is 0 Å². The van der Waals surface area contributed by atoms with Gasteiger partial charge in [-0.1, -0.05) is 18.2 Å². The zero-order chi connectivity index (χ0) is 26.7. The Kier molecular flexibility index (Phi) is 8.07. The number of aromatic nitrogens is 3. The highest BCUT2D eigenvalue weighted by Crippen LogP contribution is 2.41. The Labute approximate surface area is 207 Å². The van der Waals surface area contributed by atoms with Crippen LogP contribution in [0.3, 0.4) is 0 Å². The van der Waals surface area contributed by atoms with Crippen molar-refractivity contribution in [3.8, 4) is 0 Å². The monoisotopic (exact) mass is 542 g/mol. The molecule has 0 spiro atoms. The van der Waals surface area contributed by atoms with E-state index >= 15 is 0 Å². The van der Waals surface area contributed by atoms with E-state index in [0.29, 0.717) is 23.6 Å². The summed E-state index contributed by atoms with van der Waals surface area (Å²) in [7, 11) is -6.30. The fourth-order valence-corrected chi connectivity index (χ4v) is 5.00. The molecule has 4 N–H and O–H groups in total. The van der Waals surface area contributed by atoms with Crippen molar-refractivity contribution in [1.29, 1.82) is 0 Å². The first kappa shape index (κ1) is 27.6. The summed E-state index contributed by atoms with van der Waals surface area (Å²) < 4.78 is 76.6. The van der Waals surface area contributed by atoms with Gasteiger partial charge in [-0.15, -0.1) is 0 Å². The van der Waals surface area contributed by atoms with Crippen LogP contribution >= 0.6 is 7.14 Å². The van der Waals surface area contributed by atoms with Crippen LogP contribution < -0.4 is 15.8 Å². The molecule has 3 aromatic rings. The molecule has 9 nitrogen and oxygen atoms in total. The number of pyridine rings is 1. The van der Waals surface area contributed by atoms with Gasteiger partial charge in [0.25, 0.3) is 0 Å². The predicted octanol–water partition coefficient (Wildman–Crippen LogP) is 4.72. The van der Waals surface area contributed by atoms with Crippen LogP contribution in [-0.4, -0.2) is 36.7 Å². The third kappa shape index (κ3) is 7.49. The lowest BCUT2D eigenvalue weighted by molar-refractivity contribution is -0.137. The van der Waals surface area contributed by atoms with E-state index in [1.54, 1.807) is 37.6 Å². The van der Waals surface area contributed by atoms with Gasteiger partial charge < -0.3 is 15.2 Å². The minimum absolute atomic E-state index is 0.0943. The topological polar surface area (TPSA) is 140 Å². The molecule has 0 aliphatic heterocycles. The van der Waals surface area contributed by atoms with Crippen molar-refractivity contribution in [2.45, 2.75) is 31.1 Å². The first-order valence-corrected chi connectivity index (χ1v) is 15.1. The number of nitrogens with one attached hydrogen (secondary N) is 2. The largest absolute Gasteiger partial charge is 0.421 e. The third-order valence-electron chi connectivity index (χ3n) is 5.09. The number of nitrogens with zero attached hydrogens (tertiary/aromatic N) is 3. The van der Waals surface area contributed by atoms with Crippen molar-refractivity contribution in [2.75, 3.05) is 24.0 Å². The molecule has 0 bridgehead atoms. The molecular formula is C22H26F3N6O3PS. The van der Waals surface area contributed by atoms with Crippen LogP contribution in [0.1, 0.15) is 34.6 Å².